The monoisotopic (exact) mass is 540 g/mol. The van der Waals surface area contributed by atoms with Crippen molar-refractivity contribution in [1.82, 2.24) is 5.32 Å². The summed E-state index contributed by atoms with van der Waals surface area (Å²) in [4.78, 5) is 26.1. The lowest BCUT2D eigenvalue weighted by Gasteiger charge is -2.10. The van der Waals surface area contributed by atoms with E-state index in [1.807, 2.05) is 0 Å². The number of hydrogen-bond donors (Lipinski definition) is 5. The second kappa shape index (κ2) is 21.1. The number of nitrogens with two attached hydrogens (primary N) is 1. The molecule has 0 radical (unpaired) electrons. The Labute approximate surface area is 224 Å². The number of methoxy groups -OCH3 is 2. The molecule has 6 N–H and O–H groups in total. The number of aliphatic hydroxyl groups is 2. The molecule has 10 nitrogen and oxygen atoms in total. The summed E-state index contributed by atoms with van der Waals surface area (Å²) in [5.41, 5.74) is 7.19. The van der Waals surface area contributed by atoms with Crippen LogP contribution in [0.15, 0.2) is 53.5 Å². The van der Waals surface area contributed by atoms with E-state index in [0.717, 1.165) is 6.42 Å². The van der Waals surface area contributed by atoms with Gasteiger partial charge in [-0.25, -0.2) is 9.59 Å². The van der Waals surface area contributed by atoms with Crippen LogP contribution in [0.1, 0.15) is 36.4 Å². The van der Waals surface area contributed by atoms with Crippen LogP contribution in [-0.4, -0.2) is 72.9 Å². The number of hydrogen-bond acceptors (Lipinski definition) is 10. The van der Waals surface area contributed by atoms with Crippen molar-refractivity contribution in [3.8, 4) is 0 Å². The van der Waals surface area contributed by atoms with Gasteiger partial charge in [-0.3, -0.25) is 0 Å². The van der Waals surface area contributed by atoms with Crippen LogP contribution in [0.5, 0.6) is 0 Å². The van der Waals surface area contributed by atoms with E-state index in [4.69, 9.17) is 28.2 Å². The fourth-order valence-corrected chi connectivity index (χ4v) is 2.59. The fraction of sp³-hybridized carbons (Fsp3) is 0.333. The highest BCUT2D eigenvalue weighted by atomic mass is 32.1. The SMILES string of the molecule is COC(=O)c1cccc(N=C=S)c1.COC(=O)c1cccc(NC(=S)NCCCO)c1.NCCCO.[HH].[HH]. The number of rotatable bonds is 9. The maximum absolute atomic E-state index is 11.3. The summed E-state index contributed by atoms with van der Waals surface area (Å²) in [5.74, 6) is -0.778. The molecule has 2 rings (SSSR count). The highest BCUT2D eigenvalue weighted by Gasteiger charge is 2.06. The van der Waals surface area contributed by atoms with Crippen LogP contribution in [0.2, 0.25) is 0 Å². The molecule has 36 heavy (non-hydrogen) atoms. The van der Waals surface area contributed by atoms with Crippen molar-refractivity contribution >= 4 is 58.0 Å². The van der Waals surface area contributed by atoms with Gasteiger partial charge in [-0.2, -0.15) is 4.99 Å². The number of anilines is 1. The Kier molecular flexibility index (Phi) is 19.2. The smallest absolute Gasteiger partial charge is 0.337 e. The quantitative estimate of drug-likeness (QED) is 0.138. The summed E-state index contributed by atoms with van der Waals surface area (Å²) >= 11 is 9.51. The van der Waals surface area contributed by atoms with Gasteiger partial charge in [0.25, 0.3) is 0 Å². The molecule has 0 saturated carbocycles. The van der Waals surface area contributed by atoms with Crippen molar-refractivity contribution < 1.29 is 32.1 Å². The van der Waals surface area contributed by atoms with E-state index in [9.17, 15) is 9.59 Å². The molecule has 0 aliphatic rings. The molecular weight excluding hydrogens is 504 g/mol. The lowest BCUT2D eigenvalue weighted by Crippen LogP contribution is -2.29. The topological polar surface area (TPSA) is 156 Å². The van der Waals surface area contributed by atoms with Gasteiger partial charge in [-0.15, -0.1) is 0 Å². The van der Waals surface area contributed by atoms with Gasteiger partial charge in [0.15, 0.2) is 5.11 Å². The summed E-state index contributed by atoms with van der Waals surface area (Å²) in [6.45, 7) is 1.53. The zero-order chi connectivity index (χ0) is 27.2. The zero-order valence-corrected chi connectivity index (χ0v) is 21.9. The van der Waals surface area contributed by atoms with Crippen molar-refractivity contribution in [2.75, 3.05) is 45.8 Å². The largest absolute Gasteiger partial charge is 0.465 e. The minimum absolute atomic E-state index is 0. The first kappa shape index (κ1) is 32.8. The number of benzene rings is 2. The first-order valence-corrected chi connectivity index (χ1v) is 11.6. The van der Waals surface area contributed by atoms with Crippen LogP contribution in [0.3, 0.4) is 0 Å². The first-order valence-electron chi connectivity index (χ1n) is 10.8. The Morgan fingerprint density at radius 3 is 2.11 bits per heavy atom. The Bertz CT molecular complexity index is 1010. The minimum atomic E-state index is -0.391. The number of aliphatic imine (C=N–C) groups is 1. The van der Waals surface area contributed by atoms with Gasteiger partial charge in [0.05, 0.1) is 36.2 Å². The third-order valence-electron chi connectivity index (χ3n) is 3.97. The van der Waals surface area contributed by atoms with Crippen molar-refractivity contribution in [3.05, 3.63) is 59.7 Å². The van der Waals surface area contributed by atoms with Crippen LogP contribution < -0.4 is 16.4 Å². The molecule has 0 unspecified atom stereocenters. The number of aliphatic hydroxyl groups excluding tert-OH is 2. The first-order chi connectivity index (χ1) is 17.4. The van der Waals surface area contributed by atoms with E-state index >= 15 is 0 Å². The van der Waals surface area contributed by atoms with E-state index in [2.05, 4.69) is 42.5 Å². The molecule has 0 heterocycles. The number of nitrogens with one attached hydrogen (secondary N) is 2. The van der Waals surface area contributed by atoms with E-state index < -0.39 is 5.97 Å². The molecule has 0 aliphatic heterocycles. The van der Waals surface area contributed by atoms with Crippen LogP contribution >= 0.6 is 24.4 Å². The van der Waals surface area contributed by atoms with Crippen molar-refractivity contribution in [2.45, 2.75) is 12.8 Å². The zero-order valence-electron chi connectivity index (χ0n) is 20.2. The molecule has 0 bridgehead atoms. The molecule has 2 aromatic rings. The number of ether oxygens (including phenoxy) is 2. The standard InChI is InChI=1S/C12H16N2O3S.C9H7NO2S.C3H9NO.2H2/c1-17-11(16)9-4-2-5-10(8-9)14-12(18)13-6-3-7-15;1-12-9(11)7-3-2-4-8(5-7)10-6-13;4-2-1-3-5;;/h2,4-5,8,15H,3,6-7H2,1H3,(H2,13,14,18);2-5H,1H3;5H,1-4H2;2*1H. The summed E-state index contributed by atoms with van der Waals surface area (Å²) in [5, 5.41) is 25.2. The fourth-order valence-electron chi connectivity index (χ4n) is 2.26. The van der Waals surface area contributed by atoms with Gasteiger partial charge in [0.1, 0.15) is 0 Å². The highest BCUT2D eigenvalue weighted by molar-refractivity contribution is 7.80. The molecule has 0 fully saturated rings. The summed E-state index contributed by atoms with van der Waals surface area (Å²) in [7, 11) is 2.67. The summed E-state index contributed by atoms with van der Waals surface area (Å²) < 4.78 is 9.18. The molecule has 0 atom stereocenters. The molecular formula is C24H36N4O6S2. The van der Waals surface area contributed by atoms with E-state index in [1.54, 1.807) is 48.5 Å². The predicted molar refractivity (Wildman–Crippen MR) is 151 cm³/mol. The normalized spacial score (nSPS) is 9.14. The lowest BCUT2D eigenvalue weighted by atomic mass is 10.2. The average Bonchev–Trinajstić information content (AvgIpc) is 2.89. The molecule has 12 heteroatoms. The van der Waals surface area contributed by atoms with Crippen LogP contribution in [-0.2, 0) is 9.47 Å². The Morgan fingerprint density at radius 2 is 1.61 bits per heavy atom. The third kappa shape index (κ3) is 14.9. The molecule has 200 valence electrons. The molecule has 0 saturated heterocycles. The van der Waals surface area contributed by atoms with E-state index in [0.29, 0.717) is 47.1 Å². The van der Waals surface area contributed by atoms with Crippen molar-refractivity contribution in [1.29, 1.82) is 0 Å². The average molecular weight is 541 g/mol. The number of carbonyl (C=O) groups is 2. The number of isothiocyanates is 1. The van der Waals surface area contributed by atoms with E-state index in [1.165, 1.54) is 14.2 Å². The molecule has 2 aromatic carbocycles. The van der Waals surface area contributed by atoms with Gasteiger partial charge >= 0.3 is 11.9 Å². The molecule has 0 spiro atoms. The van der Waals surface area contributed by atoms with Gasteiger partial charge in [-0.1, -0.05) is 12.1 Å². The second-order valence-corrected chi connectivity index (χ2v) is 7.23. The third-order valence-corrected chi connectivity index (χ3v) is 4.30. The number of nitrogens with zero attached hydrogens (tertiary/aromatic N) is 1. The molecule has 0 aromatic heterocycles. The van der Waals surface area contributed by atoms with Gasteiger partial charge in [0.2, 0.25) is 0 Å². The summed E-state index contributed by atoms with van der Waals surface area (Å²) in [6.07, 6.45) is 1.35. The predicted octanol–water partition coefficient (Wildman–Crippen LogP) is 3.17. The highest BCUT2D eigenvalue weighted by Crippen LogP contribution is 2.14. The van der Waals surface area contributed by atoms with Crippen molar-refractivity contribution in [3.63, 3.8) is 0 Å². The number of carbonyl (C=O) groups excluding carboxylic acids is 2. The van der Waals surface area contributed by atoms with Crippen molar-refractivity contribution in [2.24, 2.45) is 10.7 Å². The minimum Gasteiger partial charge on any atom is -0.465 e. The van der Waals surface area contributed by atoms with E-state index in [-0.39, 0.29) is 22.0 Å². The summed E-state index contributed by atoms with van der Waals surface area (Å²) in [6, 6.07) is 13.5. The second-order valence-electron chi connectivity index (χ2n) is 6.64. The number of thiocarbonyl (C=S) groups is 2. The number of esters is 2. The maximum atomic E-state index is 11.3. The molecule has 0 amide bonds. The Hall–Kier alpha value is -3.25. The maximum Gasteiger partial charge on any atom is 0.337 e. The van der Waals surface area contributed by atoms with Gasteiger partial charge in [-0.05, 0) is 80.2 Å². The Morgan fingerprint density at radius 1 is 1.03 bits per heavy atom. The molecule has 0 aliphatic carbocycles. The van der Waals surface area contributed by atoms with Crippen LogP contribution in [0.25, 0.3) is 0 Å². The lowest BCUT2D eigenvalue weighted by molar-refractivity contribution is 0.0592. The van der Waals surface area contributed by atoms with Crippen LogP contribution in [0.4, 0.5) is 11.4 Å². The van der Waals surface area contributed by atoms with Gasteiger partial charge < -0.3 is 36.1 Å². The Balaban J connectivity index is -0.000000539. The van der Waals surface area contributed by atoms with Crippen LogP contribution in [0, 0.1) is 0 Å². The van der Waals surface area contributed by atoms with Gasteiger partial charge in [0, 0.05) is 28.3 Å².